The molecule has 1 aliphatic heterocycles. The van der Waals surface area contributed by atoms with Crippen LogP contribution in [0.25, 0.3) is 0 Å². The van der Waals surface area contributed by atoms with E-state index in [2.05, 4.69) is 10.6 Å². The summed E-state index contributed by atoms with van der Waals surface area (Å²) in [5.74, 6) is 0. The molecule has 0 radical (unpaired) electrons. The molecule has 1 atom stereocenters. The lowest BCUT2D eigenvalue weighted by atomic mass is 10.3. The highest BCUT2D eigenvalue weighted by atomic mass is 16.5. The van der Waals surface area contributed by atoms with Gasteiger partial charge in [0.15, 0.2) is 0 Å². The third kappa shape index (κ3) is 2.43. The molecule has 2 N–H and O–H groups in total. The van der Waals surface area contributed by atoms with Crippen LogP contribution < -0.4 is 10.6 Å². The molecule has 3 nitrogen and oxygen atoms in total. The fourth-order valence-electron chi connectivity index (χ4n) is 1.34. The molecule has 2 rings (SSSR count). The second kappa shape index (κ2) is 3.52. The Bertz CT molecular complexity index is 119. The highest BCUT2D eigenvalue weighted by molar-refractivity contribution is 4.82. The molecule has 11 heavy (non-hydrogen) atoms. The quantitative estimate of drug-likeness (QED) is 0.590. The predicted molar refractivity (Wildman–Crippen MR) is 43.6 cm³/mol. The smallest absolute Gasteiger partial charge is 0.0824 e. The topological polar surface area (TPSA) is 33.3 Å². The van der Waals surface area contributed by atoms with Crippen LogP contribution in [0.2, 0.25) is 0 Å². The van der Waals surface area contributed by atoms with Crippen LogP contribution in [0.3, 0.4) is 0 Å². The third-order valence-electron chi connectivity index (χ3n) is 2.22. The monoisotopic (exact) mass is 156 g/mol. The fourth-order valence-corrected chi connectivity index (χ4v) is 1.34. The second-order valence-electron chi connectivity index (χ2n) is 3.38. The summed E-state index contributed by atoms with van der Waals surface area (Å²) < 4.78 is 5.53. The van der Waals surface area contributed by atoms with Gasteiger partial charge in [-0.2, -0.15) is 0 Å². The van der Waals surface area contributed by atoms with Crippen molar-refractivity contribution in [3.63, 3.8) is 0 Å². The molecule has 0 spiro atoms. The van der Waals surface area contributed by atoms with E-state index in [-0.39, 0.29) is 0 Å². The summed E-state index contributed by atoms with van der Waals surface area (Å²) in [5.41, 5.74) is 0. The van der Waals surface area contributed by atoms with Crippen molar-refractivity contribution in [3.8, 4) is 0 Å². The largest absolute Gasteiger partial charge is 0.374 e. The first-order valence-corrected chi connectivity index (χ1v) is 4.51. The second-order valence-corrected chi connectivity index (χ2v) is 3.38. The lowest BCUT2D eigenvalue weighted by molar-refractivity contribution is 0.0290. The van der Waals surface area contributed by atoms with Gasteiger partial charge in [-0.1, -0.05) is 0 Å². The zero-order chi connectivity index (χ0) is 7.52. The Hall–Kier alpha value is -0.120. The lowest BCUT2D eigenvalue weighted by Crippen LogP contribution is -2.44. The minimum atomic E-state index is 0.407. The minimum Gasteiger partial charge on any atom is -0.374 e. The van der Waals surface area contributed by atoms with Gasteiger partial charge in [0.1, 0.15) is 0 Å². The summed E-state index contributed by atoms with van der Waals surface area (Å²) in [4.78, 5) is 0. The molecule has 0 aromatic rings. The van der Waals surface area contributed by atoms with Crippen LogP contribution in [0.4, 0.5) is 0 Å². The summed E-state index contributed by atoms with van der Waals surface area (Å²) in [6.45, 7) is 3.92. The maximum absolute atomic E-state index is 5.53. The van der Waals surface area contributed by atoms with Gasteiger partial charge in [-0.15, -0.1) is 0 Å². The van der Waals surface area contributed by atoms with E-state index in [1.807, 2.05) is 0 Å². The molecule has 64 valence electrons. The fraction of sp³-hybridized carbons (Fsp3) is 1.00. The van der Waals surface area contributed by atoms with E-state index in [4.69, 9.17) is 4.74 Å². The van der Waals surface area contributed by atoms with Crippen LogP contribution in [-0.4, -0.2) is 38.4 Å². The van der Waals surface area contributed by atoms with Crippen molar-refractivity contribution >= 4 is 0 Å². The molecule has 2 fully saturated rings. The van der Waals surface area contributed by atoms with Crippen molar-refractivity contribution in [1.29, 1.82) is 0 Å². The van der Waals surface area contributed by atoms with Gasteiger partial charge in [0.05, 0.1) is 12.7 Å². The number of rotatable bonds is 3. The normalized spacial score (nSPS) is 32.2. The molecule has 1 aliphatic carbocycles. The molecule has 1 saturated heterocycles. The van der Waals surface area contributed by atoms with Crippen molar-refractivity contribution in [2.75, 3.05) is 26.2 Å². The summed E-state index contributed by atoms with van der Waals surface area (Å²) in [5, 5.41) is 6.78. The summed E-state index contributed by atoms with van der Waals surface area (Å²) >= 11 is 0. The van der Waals surface area contributed by atoms with Crippen molar-refractivity contribution < 1.29 is 4.74 Å². The summed E-state index contributed by atoms with van der Waals surface area (Å²) in [7, 11) is 0. The van der Waals surface area contributed by atoms with E-state index in [1.54, 1.807) is 0 Å². The van der Waals surface area contributed by atoms with Crippen LogP contribution >= 0.6 is 0 Å². The maximum atomic E-state index is 5.53. The van der Waals surface area contributed by atoms with Crippen LogP contribution in [0.1, 0.15) is 12.8 Å². The highest BCUT2D eigenvalue weighted by Gasteiger charge is 2.22. The Morgan fingerprint density at radius 3 is 3.00 bits per heavy atom. The molecule has 0 aromatic heterocycles. The van der Waals surface area contributed by atoms with Crippen LogP contribution in [-0.2, 0) is 4.74 Å². The van der Waals surface area contributed by atoms with Crippen molar-refractivity contribution in [3.05, 3.63) is 0 Å². The van der Waals surface area contributed by atoms with E-state index in [0.29, 0.717) is 6.10 Å². The van der Waals surface area contributed by atoms with E-state index in [9.17, 15) is 0 Å². The molecule has 0 aromatic carbocycles. The zero-order valence-electron chi connectivity index (χ0n) is 6.81. The van der Waals surface area contributed by atoms with Gasteiger partial charge in [-0.25, -0.2) is 0 Å². The average Bonchev–Trinajstić information content (AvgIpc) is 2.86. The van der Waals surface area contributed by atoms with Gasteiger partial charge < -0.3 is 15.4 Å². The number of nitrogens with one attached hydrogen (secondary N) is 2. The lowest BCUT2D eigenvalue weighted by Gasteiger charge is -2.23. The standard InChI is InChI=1S/C8H16N2O/c1-2-7(1)10-6-8-5-9-3-4-11-8/h7-10H,1-6H2. The van der Waals surface area contributed by atoms with Gasteiger partial charge in [-0.3, -0.25) is 0 Å². The van der Waals surface area contributed by atoms with E-state index >= 15 is 0 Å². The zero-order valence-corrected chi connectivity index (χ0v) is 6.81. The van der Waals surface area contributed by atoms with Gasteiger partial charge in [0.2, 0.25) is 0 Å². The Labute approximate surface area is 67.5 Å². The predicted octanol–water partition coefficient (Wildman–Crippen LogP) is -0.273. The van der Waals surface area contributed by atoms with E-state index in [1.165, 1.54) is 12.8 Å². The SMILES string of the molecule is C1COC(CNC2CC2)CN1. The van der Waals surface area contributed by atoms with Crippen LogP contribution in [0.15, 0.2) is 0 Å². The Morgan fingerprint density at radius 2 is 2.36 bits per heavy atom. The summed E-state index contributed by atoms with van der Waals surface area (Å²) in [6, 6.07) is 0.806. The van der Waals surface area contributed by atoms with Crippen molar-refractivity contribution in [2.24, 2.45) is 0 Å². The number of morpholine rings is 1. The molecular formula is C8H16N2O. The summed E-state index contributed by atoms with van der Waals surface area (Å²) in [6.07, 6.45) is 3.13. The molecule has 1 saturated carbocycles. The van der Waals surface area contributed by atoms with Gasteiger partial charge in [-0.05, 0) is 12.8 Å². The Balaban J connectivity index is 1.59. The molecule has 1 unspecified atom stereocenters. The average molecular weight is 156 g/mol. The van der Waals surface area contributed by atoms with Crippen molar-refractivity contribution in [2.45, 2.75) is 25.0 Å². The van der Waals surface area contributed by atoms with E-state index in [0.717, 1.165) is 32.3 Å². The number of ether oxygens (including phenoxy) is 1. The molecule has 2 aliphatic rings. The maximum Gasteiger partial charge on any atom is 0.0824 e. The van der Waals surface area contributed by atoms with Crippen LogP contribution in [0.5, 0.6) is 0 Å². The molecule has 0 amide bonds. The molecular weight excluding hydrogens is 140 g/mol. The molecule has 1 heterocycles. The first-order chi connectivity index (χ1) is 5.45. The van der Waals surface area contributed by atoms with Gasteiger partial charge in [0, 0.05) is 25.7 Å². The first-order valence-electron chi connectivity index (χ1n) is 4.51. The third-order valence-corrected chi connectivity index (χ3v) is 2.22. The number of hydrogen-bond acceptors (Lipinski definition) is 3. The number of hydrogen-bond donors (Lipinski definition) is 2. The highest BCUT2D eigenvalue weighted by Crippen LogP contribution is 2.18. The Kier molecular flexibility index (Phi) is 2.41. The molecule has 3 heteroatoms. The van der Waals surface area contributed by atoms with Gasteiger partial charge in [0.25, 0.3) is 0 Å². The van der Waals surface area contributed by atoms with Crippen molar-refractivity contribution in [1.82, 2.24) is 10.6 Å². The Morgan fingerprint density at radius 1 is 1.45 bits per heavy atom. The van der Waals surface area contributed by atoms with Crippen LogP contribution in [0, 0.1) is 0 Å². The van der Waals surface area contributed by atoms with Gasteiger partial charge >= 0.3 is 0 Å². The first kappa shape index (κ1) is 7.53. The van der Waals surface area contributed by atoms with E-state index < -0.39 is 0 Å². The minimum absolute atomic E-state index is 0.407. The molecule has 0 bridgehead atoms.